The number of thiophene rings is 1. The van der Waals surface area contributed by atoms with Gasteiger partial charge in [-0.15, -0.1) is 11.3 Å². The first-order valence-corrected chi connectivity index (χ1v) is 9.30. The van der Waals surface area contributed by atoms with Gasteiger partial charge in [0, 0.05) is 21.2 Å². The van der Waals surface area contributed by atoms with E-state index in [0.717, 1.165) is 5.70 Å². The van der Waals surface area contributed by atoms with Crippen molar-refractivity contribution in [2.24, 2.45) is 11.7 Å². The van der Waals surface area contributed by atoms with Crippen molar-refractivity contribution in [3.63, 3.8) is 0 Å². The molecule has 1 nitrogen and oxygen atoms in total. The van der Waals surface area contributed by atoms with Gasteiger partial charge in [0.25, 0.3) is 0 Å². The van der Waals surface area contributed by atoms with Gasteiger partial charge in [-0.25, -0.2) is 0 Å². The molecule has 2 unspecified atom stereocenters. The minimum atomic E-state index is 0.143. The summed E-state index contributed by atoms with van der Waals surface area (Å²) in [6.07, 6.45) is 13.7. The minimum absolute atomic E-state index is 0.143. The van der Waals surface area contributed by atoms with Crippen LogP contribution in [0.15, 0.2) is 42.1 Å². The Labute approximate surface area is 141 Å². The highest BCUT2D eigenvalue weighted by Gasteiger charge is 2.46. The Morgan fingerprint density at radius 2 is 2.09 bits per heavy atom. The van der Waals surface area contributed by atoms with Gasteiger partial charge in [-0.3, -0.25) is 0 Å². The molecule has 0 fully saturated rings. The minimum Gasteiger partial charge on any atom is -0.399 e. The summed E-state index contributed by atoms with van der Waals surface area (Å²) in [5.41, 5.74) is 11.8. The summed E-state index contributed by atoms with van der Waals surface area (Å²) in [6.45, 7) is 4.75. The molecule has 0 saturated heterocycles. The van der Waals surface area contributed by atoms with Crippen LogP contribution in [0.4, 0.5) is 0 Å². The number of hydrogen-bond acceptors (Lipinski definition) is 2. The quantitative estimate of drug-likeness (QED) is 0.704. The fraction of sp³-hybridized carbons (Fsp3) is 0.333. The molecule has 116 valence electrons. The van der Waals surface area contributed by atoms with Crippen molar-refractivity contribution in [2.75, 3.05) is 0 Å². The molecule has 5 rings (SSSR count). The van der Waals surface area contributed by atoms with Crippen LogP contribution in [-0.4, -0.2) is 0 Å². The van der Waals surface area contributed by atoms with E-state index in [9.17, 15) is 0 Å². The fourth-order valence-electron chi connectivity index (χ4n) is 4.77. The van der Waals surface area contributed by atoms with E-state index in [1.165, 1.54) is 33.4 Å². The number of allylic oxidation sites excluding steroid dienone is 4. The van der Waals surface area contributed by atoms with E-state index in [0.29, 0.717) is 11.8 Å². The zero-order valence-corrected chi connectivity index (χ0v) is 14.4. The summed E-state index contributed by atoms with van der Waals surface area (Å²) in [4.78, 5) is 1.47. The highest BCUT2D eigenvalue weighted by molar-refractivity contribution is 7.20. The maximum atomic E-state index is 6.11. The van der Waals surface area contributed by atoms with Crippen molar-refractivity contribution in [3.05, 3.63) is 63.7 Å². The number of fused-ring (bicyclic) bond motifs is 7. The van der Waals surface area contributed by atoms with E-state index in [1.54, 1.807) is 11.1 Å². The largest absolute Gasteiger partial charge is 0.399 e. The second-order valence-electron chi connectivity index (χ2n) is 7.59. The Morgan fingerprint density at radius 3 is 2.96 bits per heavy atom. The lowest BCUT2D eigenvalue weighted by Crippen LogP contribution is -2.26. The zero-order valence-electron chi connectivity index (χ0n) is 13.6. The third-order valence-corrected chi connectivity index (χ3v) is 7.22. The number of nitrogens with two attached hydrogens (primary N) is 1. The first kappa shape index (κ1) is 13.6. The highest BCUT2D eigenvalue weighted by Crippen LogP contribution is 2.56. The van der Waals surface area contributed by atoms with Gasteiger partial charge in [-0.2, -0.15) is 0 Å². The molecule has 2 atom stereocenters. The lowest BCUT2D eigenvalue weighted by Gasteiger charge is -2.30. The lowest BCUT2D eigenvalue weighted by atomic mass is 9.74. The first-order valence-electron chi connectivity index (χ1n) is 8.48. The first-order chi connectivity index (χ1) is 11.1. The van der Waals surface area contributed by atoms with Crippen molar-refractivity contribution in [3.8, 4) is 0 Å². The summed E-state index contributed by atoms with van der Waals surface area (Å²) in [7, 11) is 0. The molecule has 0 radical (unpaired) electrons. The molecule has 1 aromatic carbocycles. The number of aryl methyl sites for hydroxylation is 1. The molecule has 0 bridgehead atoms. The maximum Gasteiger partial charge on any atom is 0.0393 e. The SMILES string of the molecule is CC1(C)c2ccc3c4c(sc3c2C2C=CC(N)=CC21)C=CCC4. The lowest BCUT2D eigenvalue weighted by molar-refractivity contribution is 0.392. The van der Waals surface area contributed by atoms with E-state index < -0.39 is 0 Å². The molecule has 3 aliphatic carbocycles. The van der Waals surface area contributed by atoms with Crippen molar-refractivity contribution in [1.82, 2.24) is 0 Å². The Bertz CT molecular complexity index is 923. The molecule has 2 aromatic rings. The molecular formula is C21H21NS. The van der Waals surface area contributed by atoms with Crippen LogP contribution in [0.1, 0.15) is 47.8 Å². The predicted molar refractivity (Wildman–Crippen MR) is 99.8 cm³/mol. The molecular weight excluding hydrogens is 298 g/mol. The van der Waals surface area contributed by atoms with Crippen LogP contribution in [0.2, 0.25) is 0 Å². The van der Waals surface area contributed by atoms with Crippen LogP contribution in [0.25, 0.3) is 16.2 Å². The Morgan fingerprint density at radius 1 is 1.22 bits per heavy atom. The third kappa shape index (κ3) is 1.68. The Hall–Kier alpha value is -1.80. The normalized spacial score (nSPS) is 26.8. The molecule has 2 N–H and O–H groups in total. The van der Waals surface area contributed by atoms with Crippen LogP contribution < -0.4 is 5.73 Å². The monoisotopic (exact) mass is 319 g/mol. The van der Waals surface area contributed by atoms with Crippen LogP contribution in [-0.2, 0) is 11.8 Å². The van der Waals surface area contributed by atoms with Crippen molar-refractivity contribution in [2.45, 2.75) is 38.0 Å². The average molecular weight is 319 g/mol. The summed E-state index contributed by atoms with van der Waals surface area (Å²) in [5, 5.41) is 1.49. The number of hydrogen-bond donors (Lipinski definition) is 1. The van der Waals surface area contributed by atoms with Gasteiger partial charge in [0.1, 0.15) is 0 Å². The molecule has 23 heavy (non-hydrogen) atoms. The molecule has 3 aliphatic rings. The van der Waals surface area contributed by atoms with Gasteiger partial charge in [-0.1, -0.05) is 44.2 Å². The van der Waals surface area contributed by atoms with Crippen molar-refractivity contribution >= 4 is 27.5 Å². The second-order valence-corrected chi connectivity index (χ2v) is 8.64. The molecule has 1 heterocycles. The van der Waals surface area contributed by atoms with Gasteiger partial charge in [0.2, 0.25) is 0 Å². The topological polar surface area (TPSA) is 26.0 Å². The van der Waals surface area contributed by atoms with E-state index in [1.807, 2.05) is 11.3 Å². The summed E-state index contributed by atoms with van der Waals surface area (Å²) in [6, 6.07) is 4.76. The average Bonchev–Trinajstić information content (AvgIpc) is 3.02. The molecule has 0 spiro atoms. The second kappa shape index (κ2) is 4.39. The van der Waals surface area contributed by atoms with E-state index in [2.05, 4.69) is 56.4 Å². The Balaban J connectivity index is 1.83. The van der Waals surface area contributed by atoms with Crippen LogP contribution in [0.3, 0.4) is 0 Å². The number of rotatable bonds is 0. The van der Waals surface area contributed by atoms with Gasteiger partial charge < -0.3 is 5.73 Å². The molecule has 0 saturated carbocycles. The van der Waals surface area contributed by atoms with Gasteiger partial charge in [-0.05, 0) is 58.4 Å². The smallest absolute Gasteiger partial charge is 0.0393 e. The van der Waals surface area contributed by atoms with Crippen LogP contribution in [0, 0.1) is 5.92 Å². The van der Waals surface area contributed by atoms with Crippen molar-refractivity contribution < 1.29 is 0 Å². The summed E-state index contributed by atoms with van der Waals surface area (Å²) < 4.78 is 1.51. The van der Waals surface area contributed by atoms with Crippen LogP contribution >= 0.6 is 11.3 Å². The van der Waals surface area contributed by atoms with Crippen LogP contribution in [0.5, 0.6) is 0 Å². The van der Waals surface area contributed by atoms with E-state index >= 15 is 0 Å². The summed E-state index contributed by atoms with van der Waals surface area (Å²) >= 11 is 1.99. The molecule has 0 aliphatic heterocycles. The van der Waals surface area contributed by atoms with Gasteiger partial charge in [0.15, 0.2) is 0 Å². The van der Waals surface area contributed by atoms with E-state index in [4.69, 9.17) is 5.73 Å². The van der Waals surface area contributed by atoms with Gasteiger partial charge in [0.05, 0.1) is 0 Å². The number of benzene rings is 1. The standard InChI is InChI=1S/C21H21NS/c1-21(2)16-10-9-14-13-5-3-4-6-18(13)23-20(14)19(16)15-8-7-12(22)11-17(15)21/h4,6-11,15,17H,3,5,22H2,1-2H3. The predicted octanol–water partition coefficient (Wildman–Crippen LogP) is 5.26. The summed E-state index contributed by atoms with van der Waals surface area (Å²) in [5.74, 6) is 0.947. The highest BCUT2D eigenvalue weighted by atomic mass is 32.1. The molecule has 1 aromatic heterocycles. The third-order valence-electron chi connectivity index (χ3n) is 5.98. The van der Waals surface area contributed by atoms with E-state index in [-0.39, 0.29) is 5.41 Å². The fourth-order valence-corrected chi connectivity index (χ4v) is 6.14. The zero-order chi connectivity index (χ0) is 15.8. The molecule has 0 amide bonds. The van der Waals surface area contributed by atoms with Crippen molar-refractivity contribution in [1.29, 1.82) is 0 Å². The van der Waals surface area contributed by atoms with Gasteiger partial charge >= 0.3 is 0 Å². The Kier molecular flexibility index (Phi) is 2.60. The molecule has 2 heteroatoms. The maximum absolute atomic E-state index is 6.11.